The number of anilines is 1. The molecule has 0 bridgehead atoms. The van der Waals surface area contributed by atoms with E-state index in [1.54, 1.807) is 19.2 Å². The van der Waals surface area contributed by atoms with Crippen LogP contribution in [0.4, 0.5) is 5.69 Å². The standard InChI is InChI=1S/C29H22N2O4/c1-19(2)29(32)31-21-8-6-7-20(17-21)27-18-25-28(35-27)26(15-16-30-25)34-24-13-11-23(12-14-24)33-22-9-4-3-5-10-22/h3-18H,1H2,2H3,(H,31,32). The highest BCUT2D eigenvalue weighted by atomic mass is 16.5. The summed E-state index contributed by atoms with van der Waals surface area (Å²) in [5.41, 5.74) is 3.08. The van der Waals surface area contributed by atoms with Crippen molar-refractivity contribution in [2.45, 2.75) is 6.92 Å². The maximum atomic E-state index is 12.0. The molecule has 0 aliphatic rings. The van der Waals surface area contributed by atoms with Crippen LogP contribution < -0.4 is 14.8 Å². The fraction of sp³-hybridized carbons (Fsp3) is 0.0345. The molecule has 2 heterocycles. The van der Waals surface area contributed by atoms with Gasteiger partial charge in [-0.05, 0) is 55.5 Å². The molecule has 0 aliphatic carbocycles. The number of hydrogen-bond acceptors (Lipinski definition) is 5. The van der Waals surface area contributed by atoms with Gasteiger partial charge in [0, 0.05) is 35.2 Å². The summed E-state index contributed by atoms with van der Waals surface area (Å²) in [7, 11) is 0. The van der Waals surface area contributed by atoms with E-state index in [4.69, 9.17) is 13.9 Å². The number of pyridine rings is 1. The van der Waals surface area contributed by atoms with Crippen LogP contribution in [-0.2, 0) is 4.79 Å². The van der Waals surface area contributed by atoms with Crippen molar-refractivity contribution >= 4 is 22.7 Å². The second-order valence-corrected chi connectivity index (χ2v) is 7.94. The van der Waals surface area contributed by atoms with Gasteiger partial charge in [-0.2, -0.15) is 0 Å². The lowest BCUT2D eigenvalue weighted by atomic mass is 10.1. The predicted molar refractivity (Wildman–Crippen MR) is 136 cm³/mol. The number of carbonyl (C=O) groups is 1. The predicted octanol–water partition coefficient (Wildman–Crippen LogP) is 7.59. The summed E-state index contributed by atoms with van der Waals surface area (Å²) < 4.78 is 18.1. The molecule has 0 atom stereocenters. The third-order valence-corrected chi connectivity index (χ3v) is 5.20. The zero-order valence-electron chi connectivity index (χ0n) is 19.0. The summed E-state index contributed by atoms with van der Waals surface area (Å²) in [4.78, 5) is 16.4. The maximum Gasteiger partial charge on any atom is 0.250 e. The first-order valence-electron chi connectivity index (χ1n) is 11.0. The second kappa shape index (κ2) is 9.57. The number of nitrogens with zero attached hydrogens (tertiary/aromatic N) is 1. The summed E-state index contributed by atoms with van der Waals surface area (Å²) in [5, 5.41) is 2.82. The highest BCUT2D eigenvalue weighted by molar-refractivity contribution is 6.03. The molecule has 5 aromatic rings. The van der Waals surface area contributed by atoms with Gasteiger partial charge in [0.25, 0.3) is 5.91 Å². The van der Waals surface area contributed by atoms with Crippen LogP contribution in [0.1, 0.15) is 6.92 Å². The van der Waals surface area contributed by atoms with Gasteiger partial charge in [-0.1, -0.05) is 36.9 Å². The maximum absolute atomic E-state index is 12.0. The fourth-order valence-corrected chi connectivity index (χ4v) is 3.45. The Morgan fingerprint density at radius 1 is 0.857 bits per heavy atom. The zero-order valence-corrected chi connectivity index (χ0v) is 19.0. The Morgan fingerprint density at radius 3 is 2.31 bits per heavy atom. The van der Waals surface area contributed by atoms with E-state index in [1.165, 1.54) is 0 Å². The van der Waals surface area contributed by atoms with Crippen molar-refractivity contribution in [3.05, 3.63) is 109 Å². The Labute approximate surface area is 202 Å². The van der Waals surface area contributed by atoms with Crippen molar-refractivity contribution in [1.82, 2.24) is 4.98 Å². The van der Waals surface area contributed by atoms with Crippen LogP contribution in [0, 0.1) is 0 Å². The molecule has 5 rings (SSSR count). The minimum Gasteiger partial charge on any atom is -0.457 e. The Morgan fingerprint density at radius 2 is 1.57 bits per heavy atom. The molecule has 0 unspecified atom stereocenters. The van der Waals surface area contributed by atoms with Gasteiger partial charge < -0.3 is 19.2 Å². The third kappa shape index (κ3) is 5.07. The minimum absolute atomic E-state index is 0.232. The first-order valence-corrected chi connectivity index (χ1v) is 11.0. The van der Waals surface area contributed by atoms with Gasteiger partial charge in [0.2, 0.25) is 0 Å². The van der Waals surface area contributed by atoms with Crippen LogP contribution in [0.15, 0.2) is 114 Å². The number of aromatic nitrogens is 1. The molecule has 0 saturated carbocycles. The van der Waals surface area contributed by atoms with Crippen molar-refractivity contribution in [1.29, 1.82) is 0 Å². The van der Waals surface area contributed by atoms with E-state index in [0.29, 0.717) is 45.4 Å². The van der Waals surface area contributed by atoms with Crippen molar-refractivity contribution in [3.63, 3.8) is 0 Å². The summed E-state index contributed by atoms with van der Waals surface area (Å²) in [6.45, 7) is 5.33. The average molecular weight is 463 g/mol. The highest BCUT2D eigenvalue weighted by Gasteiger charge is 2.14. The summed E-state index contributed by atoms with van der Waals surface area (Å²) in [5.74, 6) is 3.04. The largest absolute Gasteiger partial charge is 0.457 e. The minimum atomic E-state index is -0.232. The van der Waals surface area contributed by atoms with Gasteiger partial charge in [-0.3, -0.25) is 9.78 Å². The SMILES string of the molecule is C=C(C)C(=O)Nc1cccc(-c2cc3nccc(Oc4ccc(Oc5ccccc5)cc4)c3o2)c1. The van der Waals surface area contributed by atoms with Crippen molar-refractivity contribution < 1.29 is 18.7 Å². The molecule has 6 heteroatoms. The third-order valence-electron chi connectivity index (χ3n) is 5.20. The Balaban J connectivity index is 1.37. The van der Waals surface area contributed by atoms with Crippen molar-refractivity contribution in [2.75, 3.05) is 5.32 Å². The van der Waals surface area contributed by atoms with Gasteiger partial charge in [-0.25, -0.2) is 0 Å². The van der Waals surface area contributed by atoms with E-state index in [2.05, 4.69) is 16.9 Å². The quantitative estimate of drug-likeness (QED) is 0.252. The number of furan rings is 1. The van der Waals surface area contributed by atoms with E-state index in [1.807, 2.05) is 84.9 Å². The first-order chi connectivity index (χ1) is 17.0. The molecule has 0 aliphatic heterocycles. The fourth-order valence-electron chi connectivity index (χ4n) is 3.45. The lowest BCUT2D eigenvalue weighted by Gasteiger charge is -2.08. The zero-order chi connectivity index (χ0) is 24.2. The lowest BCUT2D eigenvalue weighted by molar-refractivity contribution is -0.112. The molecule has 35 heavy (non-hydrogen) atoms. The van der Waals surface area contributed by atoms with Gasteiger partial charge in [0.05, 0.1) is 0 Å². The van der Waals surface area contributed by atoms with E-state index < -0.39 is 0 Å². The molecule has 2 aromatic heterocycles. The monoisotopic (exact) mass is 462 g/mol. The van der Waals surface area contributed by atoms with Crippen LogP contribution in [0.2, 0.25) is 0 Å². The Kier molecular flexibility index (Phi) is 6.01. The second-order valence-electron chi connectivity index (χ2n) is 7.94. The van der Waals surface area contributed by atoms with E-state index in [-0.39, 0.29) is 5.91 Å². The van der Waals surface area contributed by atoms with Gasteiger partial charge in [-0.15, -0.1) is 0 Å². The van der Waals surface area contributed by atoms with Crippen LogP contribution in [0.3, 0.4) is 0 Å². The van der Waals surface area contributed by atoms with E-state index >= 15 is 0 Å². The molecule has 0 saturated heterocycles. The number of rotatable bonds is 7. The molecule has 0 radical (unpaired) electrons. The molecule has 1 N–H and O–H groups in total. The van der Waals surface area contributed by atoms with Crippen LogP contribution >= 0.6 is 0 Å². The number of carbonyl (C=O) groups excluding carboxylic acids is 1. The highest BCUT2D eigenvalue weighted by Crippen LogP contribution is 2.35. The number of benzene rings is 3. The molecule has 0 spiro atoms. The van der Waals surface area contributed by atoms with Gasteiger partial charge in [0.15, 0.2) is 11.3 Å². The first kappa shape index (κ1) is 22.0. The summed E-state index contributed by atoms with van der Waals surface area (Å²) in [6.07, 6.45) is 1.67. The molecule has 6 nitrogen and oxygen atoms in total. The molecule has 172 valence electrons. The molecule has 1 amide bonds. The molecular formula is C29H22N2O4. The Bertz CT molecular complexity index is 1510. The number of hydrogen-bond donors (Lipinski definition) is 1. The van der Waals surface area contributed by atoms with E-state index in [0.717, 1.165) is 11.3 Å². The van der Waals surface area contributed by atoms with E-state index in [9.17, 15) is 4.79 Å². The van der Waals surface area contributed by atoms with Crippen molar-refractivity contribution in [3.8, 4) is 34.3 Å². The molecule has 0 fully saturated rings. The summed E-state index contributed by atoms with van der Waals surface area (Å²) >= 11 is 0. The number of nitrogens with one attached hydrogen (secondary N) is 1. The summed E-state index contributed by atoms with van der Waals surface area (Å²) in [6, 6.07) is 28.0. The lowest BCUT2D eigenvalue weighted by Crippen LogP contribution is -2.11. The van der Waals surface area contributed by atoms with Gasteiger partial charge >= 0.3 is 0 Å². The number of para-hydroxylation sites is 1. The topological polar surface area (TPSA) is 73.6 Å². The number of fused-ring (bicyclic) bond motifs is 1. The normalized spacial score (nSPS) is 10.7. The number of amides is 1. The van der Waals surface area contributed by atoms with Crippen molar-refractivity contribution in [2.24, 2.45) is 0 Å². The molecular weight excluding hydrogens is 440 g/mol. The molecule has 3 aromatic carbocycles. The van der Waals surface area contributed by atoms with Crippen LogP contribution in [0.5, 0.6) is 23.0 Å². The Hall–Kier alpha value is -4.84. The smallest absolute Gasteiger partial charge is 0.250 e. The average Bonchev–Trinajstić information content (AvgIpc) is 3.32. The van der Waals surface area contributed by atoms with Gasteiger partial charge in [0.1, 0.15) is 28.5 Å². The van der Waals surface area contributed by atoms with Crippen LogP contribution in [0.25, 0.3) is 22.4 Å². The van der Waals surface area contributed by atoms with Crippen LogP contribution in [-0.4, -0.2) is 10.9 Å². The number of ether oxygens (including phenoxy) is 2.